The summed E-state index contributed by atoms with van der Waals surface area (Å²) in [6, 6.07) is 10.9. The van der Waals surface area contributed by atoms with E-state index in [0.29, 0.717) is 11.6 Å². The molecule has 3 rings (SSSR count). The highest BCUT2D eigenvalue weighted by Gasteiger charge is 2.41. The maximum atomic E-state index is 12.7. The highest BCUT2D eigenvalue weighted by Crippen LogP contribution is 2.34. The first kappa shape index (κ1) is 14.3. The molecule has 0 bridgehead atoms. The topological polar surface area (TPSA) is 59.5 Å². The minimum atomic E-state index is -0.482. The lowest BCUT2D eigenvalue weighted by Crippen LogP contribution is -2.31. The third-order valence-corrected chi connectivity index (χ3v) is 3.84. The molecule has 1 aromatic heterocycles. The number of carbonyl (C=O) groups is 2. The Morgan fingerprint density at radius 1 is 1.23 bits per heavy atom. The van der Waals surface area contributed by atoms with Gasteiger partial charge in [-0.15, -0.1) is 0 Å². The van der Waals surface area contributed by atoms with Gasteiger partial charge in [0, 0.05) is 12.6 Å². The van der Waals surface area contributed by atoms with Gasteiger partial charge >= 0.3 is 0 Å². The van der Waals surface area contributed by atoms with Gasteiger partial charge < -0.3 is 4.74 Å². The molecule has 0 spiro atoms. The molecule has 1 unspecified atom stereocenters. The number of hydrogen-bond acceptors (Lipinski definition) is 4. The smallest absolute Gasteiger partial charge is 0.243 e. The zero-order chi connectivity index (χ0) is 15.7. The number of aromatic nitrogens is 1. The molecule has 22 heavy (non-hydrogen) atoms. The van der Waals surface area contributed by atoms with Crippen molar-refractivity contribution in [1.82, 2.24) is 4.98 Å². The molecule has 1 aliphatic rings. The summed E-state index contributed by atoms with van der Waals surface area (Å²) in [6.45, 7) is 1.84. The van der Waals surface area contributed by atoms with Gasteiger partial charge in [-0.2, -0.15) is 0 Å². The number of nitrogens with zero attached hydrogens (tertiary/aromatic N) is 2. The molecule has 112 valence electrons. The molecule has 1 fully saturated rings. The Balaban J connectivity index is 1.96. The summed E-state index contributed by atoms with van der Waals surface area (Å²) >= 11 is 0. The number of aryl methyl sites for hydroxylation is 1. The molecular weight excluding hydrogens is 280 g/mol. The van der Waals surface area contributed by atoms with E-state index in [1.54, 1.807) is 25.4 Å². The standard InChI is InChI=1S/C17H16N2O3/c1-11-5-4-8-18-16(11)19-15(20)10-14(17(19)21)12-6-3-7-13(9-12)22-2/h3-9,14H,10H2,1-2H3. The molecule has 5 heteroatoms. The summed E-state index contributed by atoms with van der Waals surface area (Å²) in [7, 11) is 1.57. The first-order valence-corrected chi connectivity index (χ1v) is 7.04. The largest absolute Gasteiger partial charge is 0.497 e. The zero-order valence-corrected chi connectivity index (χ0v) is 12.4. The molecule has 1 aliphatic heterocycles. The van der Waals surface area contributed by atoms with Crippen LogP contribution in [0.4, 0.5) is 5.82 Å². The first-order valence-electron chi connectivity index (χ1n) is 7.04. The lowest BCUT2D eigenvalue weighted by molar-refractivity contribution is -0.121. The fourth-order valence-corrected chi connectivity index (χ4v) is 2.68. The van der Waals surface area contributed by atoms with Crippen LogP contribution in [0.1, 0.15) is 23.5 Å². The molecule has 2 amide bonds. The summed E-state index contributed by atoms with van der Waals surface area (Å²) in [5, 5.41) is 0. The van der Waals surface area contributed by atoms with E-state index in [-0.39, 0.29) is 18.2 Å². The van der Waals surface area contributed by atoms with Gasteiger partial charge in [0.25, 0.3) is 0 Å². The van der Waals surface area contributed by atoms with Crippen LogP contribution < -0.4 is 9.64 Å². The van der Waals surface area contributed by atoms with Crippen molar-refractivity contribution in [2.75, 3.05) is 12.0 Å². The normalized spacial score (nSPS) is 17.9. The van der Waals surface area contributed by atoms with Gasteiger partial charge in [0.05, 0.1) is 13.0 Å². The number of methoxy groups -OCH3 is 1. The van der Waals surface area contributed by atoms with Gasteiger partial charge in [0.2, 0.25) is 11.8 Å². The van der Waals surface area contributed by atoms with Crippen LogP contribution in [0.5, 0.6) is 5.75 Å². The predicted molar refractivity (Wildman–Crippen MR) is 81.8 cm³/mol. The number of benzene rings is 1. The first-order chi connectivity index (χ1) is 10.6. The molecule has 5 nitrogen and oxygen atoms in total. The van der Waals surface area contributed by atoms with E-state index in [0.717, 1.165) is 11.1 Å². The summed E-state index contributed by atoms with van der Waals surface area (Å²) in [6.07, 6.45) is 1.74. The van der Waals surface area contributed by atoms with Crippen LogP contribution in [0.3, 0.4) is 0 Å². The van der Waals surface area contributed by atoms with Crippen LogP contribution in [-0.4, -0.2) is 23.9 Å². The summed E-state index contributed by atoms with van der Waals surface area (Å²) in [5.74, 6) is 0.150. The van der Waals surface area contributed by atoms with Crippen molar-refractivity contribution >= 4 is 17.6 Å². The van der Waals surface area contributed by atoms with Crippen molar-refractivity contribution in [1.29, 1.82) is 0 Å². The van der Waals surface area contributed by atoms with Crippen molar-refractivity contribution in [3.63, 3.8) is 0 Å². The second kappa shape index (κ2) is 5.60. The van der Waals surface area contributed by atoms with Crippen molar-refractivity contribution in [3.05, 3.63) is 53.7 Å². The molecule has 1 saturated heterocycles. The average Bonchev–Trinajstić information content (AvgIpc) is 2.83. The third kappa shape index (κ3) is 2.35. The van der Waals surface area contributed by atoms with Crippen LogP contribution in [0.15, 0.2) is 42.6 Å². The van der Waals surface area contributed by atoms with E-state index in [9.17, 15) is 9.59 Å². The molecule has 2 heterocycles. The Hall–Kier alpha value is -2.69. The molecule has 2 aromatic rings. The predicted octanol–water partition coefficient (Wildman–Crippen LogP) is 2.45. The van der Waals surface area contributed by atoms with E-state index in [2.05, 4.69) is 4.98 Å². The molecule has 0 saturated carbocycles. The second-order valence-corrected chi connectivity index (χ2v) is 5.24. The number of pyridine rings is 1. The molecule has 0 aliphatic carbocycles. The molecular formula is C17H16N2O3. The van der Waals surface area contributed by atoms with Gasteiger partial charge in [-0.05, 0) is 36.2 Å². The summed E-state index contributed by atoms with van der Waals surface area (Å²) in [4.78, 5) is 30.4. The average molecular weight is 296 g/mol. The van der Waals surface area contributed by atoms with Crippen molar-refractivity contribution in [3.8, 4) is 5.75 Å². The number of ether oxygens (including phenoxy) is 1. The molecule has 1 atom stereocenters. The van der Waals surface area contributed by atoms with E-state index in [1.165, 1.54) is 4.90 Å². The van der Waals surface area contributed by atoms with Crippen LogP contribution in [0.25, 0.3) is 0 Å². The third-order valence-electron chi connectivity index (χ3n) is 3.84. The fraction of sp³-hybridized carbons (Fsp3) is 0.235. The maximum absolute atomic E-state index is 12.7. The Labute approximate surface area is 128 Å². The second-order valence-electron chi connectivity index (χ2n) is 5.24. The van der Waals surface area contributed by atoms with Crippen LogP contribution in [0, 0.1) is 6.92 Å². The quantitative estimate of drug-likeness (QED) is 0.816. The van der Waals surface area contributed by atoms with Gasteiger partial charge in [0.1, 0.15) is 11.6 Å². The minimum absolute atomic E-state index is 0.155. The van der Waals surface area contributed by atoms with Gasteiger partial charge in [0.15, 0.2) is 0 Å². The lowest BCUT2D eigenvalue weighted by atomic mass is 9.97. The SMILES string of the molecule is COc1cccc(C2CC(=O)N(c3ncccc3C)C2=O)c1. The molecule has 1 aromatic carbocycles. The number of anilines is 1. The highest BCUT2D eigenvalue weighted by molar-refractivity contribution is 6.22. The zero-order valence-electron chi connectivity index (χ0n) is 12.4. The Morgan fingerprint density at radius 3 is 2.77 bits per heavy atom. The van der Waals surface area contributed by atoms with Crippen molar-refractivity contribution in [2.24, 2.45) is 0 Å². The summed E-state index contributed by atoms with van der Waals surface area (Å²) < 4.78 is 5.18. The van der Waals surface area contributed by atoms with Crippen LogP contribution in [-0.2, 0) is 9.59 Å². The van der Waals surface area contributed by atoms with E-state index in [4.69, 9.17) is 4.74 Å². The monoisotopic (exact) mass is 296 g/mol. The van der Waals surface area contributed by atoms with E-state index < -0.39 is 5.92 Å². The number of hydrogen-bond donors (Lipinski definition) is 0. The van der Waals surface area contributed by atoms with Gasteiger partial charge in [-0.25, -0.2) is 9.88 Å². The lowest BCUT2D eigenvalue weighted by Gasteiger charge is -2.16. The molecule has 0 N–H and O–H groups in total. The highest BCUT2D eigenvalue weighted by atomic mass is 16.5. The molecule has 0 radical (unpaired) electrons. The maximum Gasteiger partial charge on any atom is 0.243 e. The van der Waals surface area contributed by atoms with Crippen molar-refractivity contribution in [2.45, 2.75) is 19.3 Å². The Bertz CT molecular complexity index is 742. The number of rotatable bonds is 3. The van der Waals surface area contributed by atoms with Gasteiger partial charge in [-0.3, -0.25) is 9.59 Å². The fourth-order valence-electron chi connectivity index (χ4n) is 2.68. The van der Waals surface area contributed by atoms with Crippen molar-refractivity contribution < 1.29 is 14.3 Å². The number of carbonyl (C=O) groups excluding carboxylic acids is 2. The Kier molecular flexibility index (Phi) is 3.63. The summed E-state index contributed by atoms with van der Waals surface area (Å²) in [5.41, 5.74) is 1.59. The Morgan fingerprint density at radius 2 is 2.05 bits per heavy atom. The van der Waals surface area contributed by atoms with Crippen LogP contribution >= 0.6 is 0 Å². The minimum Gasteiger partial charge on any atom is -0.497 e. The van der Waals surface area contributed by atoms with E-state index >= 15 is 0 Å². The number of amides is 2. The van der Waals surface area contributed by atoms with Gasteiger partial charge in [-0.1, -0.05) is 18.2 Å². The number of imide groups is 1. The van der Waals surface area contributed by atoms with E-state index in [1.807, 2.05) is 31.2 Å². The van der Waals surface area contributed by atoms with Crippen LogP contribution in [0.2, 0.25) is 0 Å².